The number of rotatable bonds is 8. The van der Waals surface area contributed by atoms with Gasteiger partial charge in [0.25, 0.3) is 0 Å². The zero-order valence-corrected chi connectivity index (χ0v) is 17.1. The molecule has 1 aromatic carbocycles. The molecule has 0 fully saturated rings. The molecule has 0 amide bonds. The van der Waals surface area contributed by atoms with Crippen LogP contribution < -0.4 is 4.74 Å². The fraction of sp³-hybridized carbons (Fsp3) is 0.421. The van der Waals surface area contributed by atoms with Gasteiger partial charge in [0, 0.05) is 31.6 Å². The van der Waals surface area contributed by atoms with Crippen LogP contribution in [0.4, 0.5) is 18.9 Å². The van der Waals surface area contributed by atoms with Gasteiger partial charge < -0.3 is 9.64 Å². The number of aliphatic imine (C=N–C) groups is 1. The van der Waals surface area contributed by atoms with E-state index in [0.29, 0.717) is 5.75 Å². The molecule has 1 heterocycles. The van der Waals surface area contributed by atoms with Crippen LogP contribution in [-0.2, 0) is 0 Å². The van der Waals surface area contributed by atoms with Crippen LogP contribution in [0.25, 0.3) is 0 Å². The molecule has 2 aromatic rings. The van der Waals surface area contributed by atoms with Crippen LogP contribution >= 0.6 is 11.8 Å². The topological polar surface area (TPSA) is 50.6 Å². The number of nitrogens with zero attached hydrogens (tertiary/aromatic N) is 4. The van der Waals surface area contributed by atoms with Crippen molar-refractivity contribution in [3.05, 3.63) is 35.5 Å². The Bertz CT molecular complexity index is 827. The van der Waals surface area contributed by atoms with E-state index in [4.69, 9.17) is 4.74 Å². The molecule has 0 N–H and O–H groups in total. The molecular weight excluding hydrogens is 389 g/mol. The van der Waals surface area contributed by atoms with E-state index in [0.717, 1.165) is 35.1 Å². The molecule has 0 bridgehead atoms. The molecule has 0 unspecified atom stereocenters. The SMILES string of the molecule is CCN(C)C=Nc1cc(C)c(Oc2ccnc(SCCC(F)(F)F)n2)cc1C. The van der Waals surface area contributed by atoms with Crippen molar-refractivity contribution in [3.8, 4) is 11.6 Å². The third kappa shape index (κ3) is 7.03. The summed E-state index contributed by atoms with van der Waals surface area (Å²) in [6.07, 6.45) is -1.83. The first-order valence-electron chi connectivity index (χ1n) is 8.74. The Morgan fingerprint density at radius 1 is 1.25 bits per heavy atom. The van der Waals surface area contributed by atoms with E-state index in [1.54, 1.807) is 12.4 Å². The van der Waals surface area contributed by atoms with Crippen LogP contribution in [-0.4, -0.2) is 46.7 Å². The number of hydrogen-bond donors (Lipinski definition) is 0. The summed E-state index contributed by atoms with van der Waals surface area (Å²) in [6.45, 7) is 6.74. The lowest BCUT2D eigenvalue weighted by molar-refractivity contribution is -0.129. The predicted octanol–water partition coefficient (Wildman–Crippen LogP) is 5.54. The van der Waals surface area contributed by atoms with Crippen molar-refractivity contribution in [2.24, 2.45) is 4.99 Å². The summed E-state index contributed by atoms with van der Waals surface area (Å²) >= 11 is 0.947. The van der Waals surface area contributed by atoms with Crippen LogP contribution in [0.3, 0.4) is 0 Å². The van der Waals surface area contributed by atoms with Crippen molar-refractivity contribution in [1.29, 1.82) is 0 Å². The summed E-state index contributed by atoms with van der Waals surface area (Å²) in [7, 11) is 1.95. The highest BCUT2D eigenvalue weighted by atomic mass is 32.2. The van der Waals surface area contributed by atoms with E-state index in [-0.39, 0.29) is 16.8 Å². The summed E-state index contributed by atoms with van der Waals surface area (Å²) in [5.41, 5.74) is 2.66. The van der Waals surface area contributed by atoms with Crippen molar-refractivity contribution in [2.75, 3.05) is 19.3 Å². The second-order valence-corrected chi connectivity index (χ2v) is 7.28. The van der Waals surface area contributed by atoms with Gasteiger partial charge >= 0.3 is 6.18 Å². The fourth-order valence-electron chi connectivity index (χ4n) is 2.09. The number of thioether (sulfide) groups is 1. The Balaban J connectivity index is 2.10. The van der Waals surface area contributed by atoms with Gasteiger partial charge in [-0.3, -0.25) is 0 Å². The highest BCUT2D eigenvalue weighted by molar-refractivity contribution is 7.99. The van der Waals surface area contributed by atoms with Crippen molar-refractivity contribution in [1.82, 2.24) is 14.9 Å². The summed E-state index contributed by atoms with van der Waals surface area (Å²) in [5.74, 6) is 0.767. The van der Waals surface area contributed by atoms with Crippen LogP contribution in [0.15, 0.2) is 34.5 Å². The summed E-state index contributed by atoms with van der Waals surface area (Å²) in [5, 5.41) is 0.250. The number of aryl methyl sites for hydroxylation is 2. The zero-order valence-electron chi connectivity index (χ0n) is 16.2. The lowest BCUT2D eigenvalue weighted by Crippen LogP contribution is -2.14. The van der Waals surface area contributed by atoms with Crippen molar-refractivity contribution < 1.29 is 17.9 Å². The number of ether oxygens (including phenoxy) is 1. The minimum absolute atomic E-state index is 0.135. The van der Waals surface area contributed by atoms with Crippen molar-refractivity contribution in [3.63, 3.8) is 0 Å². The molecule has 5 nitrogen and oxygen atoms in total. The fourth-order valence-corrected chi connectivity index (χ4v) is 2.89. The second-order valence-electron chi connectivity index (χ2n) is 6.22. The van der Waals surface area contributed by atoms with E-state index < -0.39 is 12.6 Å². The van der Waals surface area contributed by atoms with Gasteiger partial charge in [-0.15, -0.1) is 0 Å². The zero-order chi connectivity index (χ0) is 20.7. The quantitative estimate of drug-likeness (QED) is 0.247. The van der Waals surface area contributed by atoms with Crippen LogP contribution in [0.5, 0.6) is 11.6 Å². The number of benzene rings is 1. The minimum Gasteiger partial charge on any atom is -0.439 e. The van der Waals surface area contributed by atoms with E-state index >= 15 is 0 Å². The highest BCUT2D eigenvalue weighted by Gasteiger charge is 2.26. The molecule has 0 spiro atoms. The average molecular weight is 412 g/mol. The first-order valence-corrected chi connectivity index (χ1v) is 9.72. The third-order valence-corrected chi connectivity index (χ3v) is 4.69. The highest BCUT2D eigenvalue weighted by Crippen LogP contribution is 2.31. The van der Waals surface area contributed by atoms with Gasteiger partial charge in [-0.1, -0.05) is 11.8 Å². The Morgan fingerprint density at radius 3 is 2.68 bits per heavy atom. The molecule has 9 heteroatoms. The van der Waals surface area contributed by atoms with Gasteiger partial charge in [0.05, 0.1) is 18.4 Å². The number of alkyl halides is 3. The van der Waals surface area contributed by atoms with E-state index in [1.165, 1.54) is 6.20 Å². The maximum atomic E-state index is 12.3. The maximum absolute atomic E-state index is 12.3. The largest absolute Gasteiger partial charge is 0.439 e. The first kappa shape index (κ1) is 22.0. The van der Waals surface area contributed by atoms with E-state index in [1.807, 2.05) is 44.9 Å². The number of halogens is 3. The van der Waals surface area contributed by atoms with Gasteiger partial charge in [-0.05, 0) is 44.0 Å². The number of hydrogen-bond acceptors (Lipinski definition) is 5. The van der Waals surface area contributed by atoms with Crippen LogP contribution in [0.2, 0.25) is 0 Å². The molecule has 0 aliphatic rings. The molecule has 0 radical (unpaired) electrons. The summed E-state index contributed by atoms with van der Waals surface area (Å²) < 4.78 is 42.6. The van der Waals surface area contributed by atoms with Crippen molar-refractivity contribution >= 4 is 23.8 Å². The lowest BCUT2D eigenvalue weighted by Gasteiger charge is -2.12. The molecule has 2 rings (SSSR count). The number of aromatic nitrogens is 2. The van der Waals surface area contributed by atoms with E-state index in [9.17, 15) is 13.2 Å². The summed E-state index contributed by atoms with van der Waals surface area (Å²) in [4.78, 5) is 14.6. The van der Waals surface area contributed by atoms with Gasteiger partial charge in [0.1, 0.15) is 5.75 Å². The Labute approximate surface area is 167 Å². The standard InChI is InChI=1S/C19H23F3N4OS/c1-5-26(4)12-24-15-10-14(3)16(11-13(15)2)27-17-6-8-23-18(25-17)28-9-7-19(20,21)22/h6,8,10-12H,5,7,9H2,1-4H3. The van der Waals surface area contributed by atoms with Crippen molar-refractivity contribution in [2.45, 2.75) is 38.5 Å². The van der Waals surface area contributed by atoms with Gasteiger partial charge in [-0.25, -0.2) is 9.98 Å². The maximum Gasteiger partial charge on any atom is 0.389 e. The van der Waals surface area contributed by atoms with Crippen LogP contribution in [0, 0.1) is 13.8 Å². The predicted molar refractivity (Wildman–Crippen MR) is 106 cm³/mol. The normalized spacial score (nSPS) is 11.8. The molecule has 0 aliphatic carbocycles. The van der Waals surface area contributed by atoms with Crippen LogP contribution in [0.1, 0.15) is 24.5 Å². The minimum atomic E-state index is -4.19. The smallest absolute Gasteiger partial charge is 0.389 e. The Kier molecular flexibility index (Phi) is 7.68. The molecule has 0 saturated heterocycles. The Hall–Kier alpha value is -2.29. The second kappa shape index (κ2) is 9.77. The molecule has 0 atom stereocenters. The molecule has 0 saturated carbocycles. The van der Waals surface area contributed by atoms with Gasteiger partial charge in [0.15, 0.2) is 5.16 Å². The Morgan fingerprint density at radius 2 is 2.00 bits per heavy atom. The average Bonchev–Trinajstić information content (AvgIpc) is 2.62. The van der Waals surface area contributed by atoms with Gasteiger partial charge in [0.2, 0.25) is 5.88 Å². The lowest BCUT2D eigenvalue weighted by atomic mass is 10.1. The molecule has 1 aromatic heterocycles. The monoisotopic (exact) mass is 412 g/mol. The molecular formula is C19H23F3N4OS. The molecule has 0 aliphatic heterocycles. The van der Waals surface area contributed by atoms with E-state index in [2.05, 4.69) is 15.0 Å². The molecule has 152 valence electrons. The van der Waals surface area contributed by atoms with Gasteiger partial charge in [-0.2, -0.15) is 18.2 Å². The first-order chi connectivity index (χ1) is 13.2. The third-order valence-electron chi connectivity index (χ3n) is 3.83. The molecule has 28 heavy (non-hydrogen) atoms. The summed E-state index contributed by atoms with van der Waals surface area (Å²) in [6, 6.07) is 5.36.